The molecule has 1 heterocycles. The number of hydrogen-bond acceptors (Lipinski definition) is 3. The van der Waals surface area contributed by atoms with Gasteiger partial charge < -0.3 is 15.0 Å². The predicted octanol–water partition coefficient (Wildman–Crippen LogP) is 4.56. The zero-order chi connectivity index (χ0) is 22.8. The molecule has 0 radical (unpaired) electrons. The largest absolute Gasteiger partial charge is 0.481 e. The van der Waals surface area contributed by atoms with Gasteiger partial charge in [0.15, 0.2) is 6.10 Å². The molecule has 5 nitrogen and oxygen atoms in total. The Morgan fingerprint density at radius 1 is 1.16 bits per heavy atom. The van der Waals surface area contributed by atoms with Crippen molar-refractivity contribution < 1.29 is 14.3 Å². The molecule has 1 fully saturated rings. The van der Waals surface area contributed by atoms with E-state index < -0.39 is 6.10 Å². The molecular formula is C27H34N2O3. The fourth-order valence-electron chi connectivity index (χ4n) is 4.53. The first-order valence-electron chi connectivity index (χ1n) is 11.8. The molecule has 4 rings (SSSR count). The summed E-state index contributed by atoms with van der Waals surface area (Å²) in [4.78, 5) is 27.8. The molecule has 32 heavy (non-hydrogen) atoms. The average Bonchev–Trinajstić information content (AvgIpc) is 3.61. The third-order valence-electron chi connectivity index (χ3n) is 6.29. The lowest BCUT2D eigenvalue weighted by molar-refractivity contribution is -0.134. The van der Waals surface area contributed by atoms with Gasteiger partial charge in [0.1, 0.15) is 5.75 Å². The van der Waals surface area contributed by atoms with E-state index in [1.54, 1.807) is 0 Å². The fourth-order valence-corrected chi connectivity index (χ4v) is 4.53. The van der Waals surface area contributed by atoms with Crippen molar-refractivity contribution >= 4 is 11.8 Å². The van der Waals surface area contributed by atoms with Gasteiger partial charge in [-0.15, -0.1) is 0 Å². The van der Waals surface area contributed by atoms with Crippen LogP contribution >= 0.6 is 0 Å². The Labute approximate surface area is 191 Å². The minimum Gasteiger partial charge on any atom is -0.481 e. The molecule has 1 saturated carbocycles. The van der Waals surface area contributed by atoms with Crippen molar-refractivity contribution in [3.05, 3.63) is 64.7 Å². The molecule has 170 valence electrons. The Hall–Kier alpha value is -2.82. The molecule has 0 saturated heterocycles. The lowest BCUT2D eigenvalue weighted by Crippen LogP contribution is -2.42. The maximum atomic E-state index is 13.2. The first-order valence-corrected chi connectivity index (χ1v) is 11.8. The van der Waals surface area contributed by atoms with E-state index in [4.69, 9.17) is 4.74 Å². The van der Waals surface area contributed by atoms with Gasteiger partial charge >= 0.3 is 0 Å². The smallest absolute Gasteiger partial charge is 0.261 e. The van der Waals surface area contributed by atoms with Crippen molar-refractivity contribution in [2.45, 2.75) is 71.6 Å². The van der Waals surface area contributed by atoms with Crippen LogP contribution in [0.3, 0.4) is 0 Å². The number of aryl methyl sites for hydroxylation is 1. The number of benzene rings is 2. The summed E-state index contributed by atoms with van der Waals surface area (Å²) in [6.45, 7) is 8.66. The minimum absolute atomic E-state index is 0.0661. The Bertz CT molecular complexity index is 996. The Morgan fingerprint density at radius 3 is 2.59 bits per heavy atom. The second kappa shape index (κ2) is 9.35. The maximum Gasteiger partial charge on any atom is 0.261 e. The van der Waals surface area contributed by atoms with E-state index in [0.29, 0.717) is 12.2 Å². The topological polar surface area (TPSA) is 58.6 Å². The number of fused-ring (bicyclic) bond motifs is 1. The molecule has 5 heteroatoms. The Balaban J connectivity index is 1.68. The standard InChI is InChI=1S/C27H34N2O3/c1-5-24(26(30)28-17(2)3)32-22-12-11-19-13-14-29(27(31)20-9-10-20)25(23(19)16-22)21-8-6-7-18(4)15-21/h6-8,11-12,15-17,20,24-25H,5,9-10,13-14H2,1-4H3,(H,28,30)/t24-,25-/m0/s1. The highest BCUT2D eigenvalue weighted by atomic mass is 16.5. The SMILES string of the molecule is CC[C@H](Oc1ccc2c(c1)[C@H](c1cccc(C)c1)N(C(=O)C1CC1)CC2)C(=O)NC(C)C. The molecule has 0 aromatic heterocycles. The normalized spacial score (nSPS) is 18.8. The summed E-state index contributed by atoms with van der Waals surface area (Å²) in [7, 11) is 0. The second-order valence-electron chi connectivity index (χ2n) is 9.41. The van der Waals surface area contributed by atoms with Crippen molar-refractivity contribution in [1.29, 1.82) is 0 Å². The summed E-state index contributed by atoms with van der Waals surface area (Å²) in [6.07, 6.45) is 2.87. The van der Waals surface area contributed by atoms with E-state index in [-0.39, 0.29) is 29.8 Å². The van der Waals surface area contributed by atoms with Crippen molar-refractivity contribution in [1.82, 2.24) is 10.2 Å². The van der Waals surface area contributed by atoms with Crippen LogP contribution in [0.1, 0.15) is 68.3 Å². The van der Waals surface area contributed by atoms with Crippen molar-refractivity contribution in [3.8, 4) is 5.75 Å². The molecular weight excluding hydrogens is 400 g/mol. The van der Waals surface area contributed by atoms with Gasteiger partial charge in [-0.2, -0.15) is 0 Å². The zero-order valence-electron chi connectivity index (χ0n) is 19.6. The fraction of sp³-hybridized carbons (Fsp3) is 0.481. The number of rotatable bonds is 7. The molecule has 2 aliphatic rings. The molecule has 2 aromatic carbocycles. The minimum atomic E-state index is -0.541. The Kier molecular flexibility index (Phi) is 6.54. The van der Waals surface area contributed by atoms with Gasteiger partial charge in [0.25, 0.3) is 5.91 Å². The monoisotopic (exact) mass is 434 g/mol. The second-order valence-corrected chi connectivity index (χ2v) is 9.41. The third kappa shape index (κ3) is 4.82. The van der Waals surface area contributed by atoms with Crippen LogP contribution in [0.5, 0.6) is 5.75 Å². The first-order chi connectivity index (χ1) is 15.4. The van der Waals surface area contributed by atoms with Crippen LogP contribution in [-0.4, -0.2) is 35.4 Å². The van der Waals surface area contributed by atoms with Gasteiger partial charge in [-0.3, -0.25) is 9.59 Å². The number of hydrogen-bond donors (Lipinski definition) is 1. The highest BCUT2D eigenvalue weighted by Crippen LogP contribution is 2.41. The number of carbonyl (C=O) groups excluding carboxylic acids is 2. The van der Waals surface area contributed by atoms with Crippen LogP contribution in [-0.2, 0) is 16.0 Å². The van der Waals surface area contributed by atoms with Gasteiger partial charge in [0.05, 0.1) is 6.04 Å². The summed E-state index contributed by atoms with van der Waals surface area (Å²) >= 11 is 0. The molecule has 0 unspecified atom stereocenters. The molecule has 1 N–H and O–H groups in total. The first kappa shape index (κ1) is 22.4. The number of nitrogens with zero attached hydrogens (tertiary/aromatic N) is 1. The van der Waals surface area contributed by atoms with E-state index in [2.05, 4.69) is 47.5 Å². The third-order valence-corrected chi connectivity index (χ3v) is 6.29. The molecule has 2 aromatic rings. The quantitative estimate of drug-likeness (QED) is 0.695. The molecule has 1 aliphatic heterocycles. The van der Waals surface area contributed by atoms with Crippen LogP contribution in [0.4, 0.5) is 0 Å². The predicted molar refractivity (Wildman–Crippen MR) is 126 cm³/mol. The molecule has 2 atom stereocenters. The highest BCUT2D eigenvalue weighted by molar-refractivity contribution is 5.82. The van der Waals surface area contributed by atoms with Crippen molar-refractivity contribution in [2.75, 3.05) is 6.54 Å². The van der Waals surface area contributed by atoms with Gasteiger partial charge in [0.2, 0.25) is 5.91 Å². The number of carbonyl (C=O) groups is 2. The van der Waals surface area contributed by atoms with Crippen molar-refractivity contribution in [2.24, 2.45) is 5.92 Å². The van der Waals surface area contributed by atoms with Gasteiger partial charge in [-0.05, 0) is 75.3 Å². The van der Waals surface area contributed by atoms with Crippen molar-refractivity contribution in [3.63, 3.8) is 0 Å². The van der Waals surface area contributed by atoms with E-state index in [1.165, 1.54) is 11.1 Å². The lowest BCUT2D eigenvalue weighted by Gasteiger charge is -2.38. The van der Waals surface area contributed by atoms with Crippen LogP contribution < -0.4 is 10.1 Å². The number of nitrogens with one attached hydrogen (secondary N) is 1. The van der Waals surface area contributed by atoms with Crippen LogP contribution in [0.15, 0.2) is 42.5 Å². The summed E-state index contributed by atoms with van der Waals surface area (Å²) in [6, 6.07) is 14.5. The van der Waals surface area contributed by atoms with E-state index in [9.17, 15) is 9.59 Å². The summed E-state index contributed by atoms with van der Waals surface area (Å²) in [5.74, 6) is 1.01. The van der Waals surface area contributed by atoms with Crippen LogP contribution in [0.2, 0.25) is 0 Å². The van der Waals surface area contributed by atoms with Crippen LogP contribution in [0.25, 0.3) is 0 Å². The van der Waals surface area contributed by atoms with E-state index >= 15 is 0 Å². The maximum absolute atomic E-state index is 13.2. The Morgan fingerprint density at radius 2 is 1.94 bits per heavy atom. The number of amides is 2. The van der Waals surface area contributed by atoms with Gasteiger partial charge in [0, 0.05) is 18.5 Å². The molecule has 1 aliphatic carbocycles. The summed E-state index contributed by atoms with van der Waals surface area (Å²) < 4.78 is 6.14. The molecule has 0 bridgehead atoms. The summed E-state index contributed by atoms with van der Waals surface area (Å²) in [5, 5.41) is 2.94. The van der Waals surface area contributed by atoms with Crippen LogP contribution in [0, 0.1) is 12.8 Å². The average molecular weight is 435 g/mol. The zero-order valence-corrected chi connectivity index (χ0v) is 19.6. The molecule has 2 amide bonds. The lowest BCUT2D eigenvalue weighted by atomic mass is 9.87. The highest BCUT2D eigenvalue weighted by Gasteiger charge is 2.39. The van der Waals surface area contributed by atoms with E-state index in [0.717, 1.165) is 36.9 Å². The van der Waals surface area contributed by atoms with E-state index in [1.807, 2.05) is 32.9 Å². The van der Waals surface area contributed by atoms with Gasteiger partial charge in [-0.1, -0.05) is 42.8 Å². The number of ether oxygens (including phenoxy) is 1. The summed E-state index contributed by atoms with van der Waals surface area (Å²) in [5.41, 5.74) is 4.65. The van der Waals surface area contributed by atoms with Gasteiger partial charge in [-0.25, -0.2) is 0 Å². The molecule has 0 spiro atoms.